The van der Waals surface area contributed by atoms with Gasteiger partial charge >= 0.3 is 5.97 Å². The molecule has 0 saturated heterocycles. The number of hydrogen-bond donors (Lipinski definition) is 1. The molecule has 2 aromatic rings. The number of aromatic nitrogens is 2. The molecule has 0 saturated carbocycles. The number of rotatable bonds is 20. The van der Waals surface area contributed by atoms with Crippen LogP contribution in [0.4, 0.5) is 0 Å². The van der Waals surface area contributed by atoms with Gasteiger partial charge in [-0.15, -0.1) is 0 Å². The topological polar surface area (TPSA) is 109 Å². The number of nitrogens with zero attached hydrogens (tertiary/aromatic N) is 2. The minimum absolute atomic E-state index is 0.0149. The number of aromatic amines is 1. The maximum Gasteiger partial charge on any atom is 0.356 e. The van der Waals surface area contributed by atoms with Crippen LogP contribution in [0.1, 0.15) is 157 Å². The average Bonchev–Trinajstić information content (AvgIpc) is 3.49. The fraction of sp³-hybridized carbons (Fsp3) is 0.594. The van der Waals surface area contributed by atoms with E-state index in [0.29, 0.717) is 17.5 Å². The van der Waals surface area contributed by atoms with Crippen molar-refractivity contribution in [1.82, 2.24) is 15.1 Å². The SMILES string of the molecule is CCCCCCCCCCCCCCCCCC(=O)c1n[nH]c(C(=O)OC)c1CN1C(=O)c2ccccc2C1=O. The van der Waals surface area contributed by atoms with E-state index in [9.17, 15) is 19.2 Å². The first kappa shape index (κ1) is 31.2. The minimum Gasteiger partial charge on any atom is -0.464 e. The van der Waals surface area contributed by atoms with Gasteiger partial charge in [-0.2, -0.15) is 5.10 Å². The molecule has 8 nitrogen and oxygen atoms in total. The summed E-state index contributed by atoms with van der Waals surface area (Å²) < 4.78 is 4.83. The fourth-order valence-corrected chi connectivity index (χ4v) is 5.34. The number of esters is 1. The number of carbonyl (C=O) groups excluding carboxylic acids is 4. The smallest absolute Gasteiger partial charge is 0.356 e. The maximum atomic E-state index is 13.1. The van der Waals surface area contributed by atoms with Crippen LogP contribution in [-0.4, -0.2) is 45.8 Å². The second kappa shape index (κ2) is 16.7. The fourth-order valence-electron chi connectivity index (χ4n) is 5.34. The summed E-state index contributed by atoms with van der Waals surface area (Å²) >= 11 is 0. The highest BCUT2D eigenvalue weighted by Gasteiger charge is 2.37. The Kier molecular flexibility index (Phi) is 13.1. The van der Waals surface area contributed by atoms with E-state index in [1.54, 1.807) is 24.3 Å². The lowest BCUT2D eigenvalue weighted by molar-refractivity contribution is 0.0578. The summed E-state index contributed by atoms with van der Waals surface area (Å²) in [5.41, 5.74) is 0.899. The number of unbranched alkanes of at least 4 members (excludes halogenated alkanes) is 14. The van der Waals surface area contributed by atoms with Gasteiger partial charge in [-0.1, -0.05) is 109 Å². The third kappa shape index (κ3) is 8.60. The van der Waals surface area contributed by atoms with Crippen molar-refractivity contribution in [2.45, 2.75) is 116 Å². The molecule has 40 heavy (non-hydrogen) atoms. The van der Waals surface area contributed by atoms with Crippen LogP contribution >= 0.6 is 0 Å². The van der Waals surface area contributed by atoms with E-state index in [4.69, 9.17) is 4.74 Å². The Hall–Kier alpha value is -3.29. The Morgan fingerprint density at radius 1 is 0.775 bits per heavy atom. The normalized spacial score (nSPS) is 12.7. The van der Waals surface area contributed by atoms with Crippen molar-refractivity contribution < 1.29 is 23.9 Å². The van der Waals surface area contributed by atoms with Crippen molar-refractivity contribution in [2.24, 2.45) is 0 Å². The molecule has 0 aliphatic carbocycles. The molecule has 0 bridgehead atoms. The second-order valence-corrected chi connectivity index (χ2v) is 10.8. The molecule has 0 atom stereocenters. The highest BCUT2D eigenvalue weighted by molar-refractivity contribution is 6.21. The molecular weight excluding hydrogens is 506 g/mol. The molecule has 0 radical (unpaired) electrons. The number of hydrogen-bond acceptors (Lipinski definition) is 6. The van der Waals surface area contributed by atoms with Crippen LogP contribution in [0, 0.1) is 0 Å². The van der Waals surface area contributed by atoms with Crippen molar-refractivity contribution in [3.63, 3.8) is 0 Å². The number of ketones is 1. The number of fused-ring (bicyclic) bond motifs is 1. The van der Waals surface area contributed by atoms with E-state index in [1.165, 1.54) is 84.2 Å². The molecule has 1 aliphatic rings. The molecule has 1 aliphatic heterocycles. The van der Waals surface area contributed by atoms with E-state index in [1.807, 2.05) is 0 Å². The van der Waals surface area contributed by atoms with Crippen LogP contribution in [0.15, 0.2) is 24.3 Å². The van der Waals surface area contributed by atoms with E-state index in [0.717, 1.165) is 24.2 Å². The zero-order valence-corrected chi connectivity index (χ0v) is 24.3. The van der Waals surface area contributed by atoms with Gasteiger partial charge in [-0.05, 0) is 18.6 Å². The van der Waals surface area contributed by atoms with Crippen molar-refractivity contribution in [2.75, 3.05) is 7.11 Å². The van der Waals surface area contributed by atoms with Crippen molar-refractivity contribution in [3.8, 4) is 0 Å². The lowest BCUT2D eigenvalue weighted by Crippen LogP contribution is -2.30. The number of benzene rings is 1. The quantitative estimate of drug-likeness (QED) is 0.0793. The van der Waals surface area contributed by atoms with Crippen LogP contribution in [0.25, 0.3) is 0 Å². The van der Waals surface area contributed by atoms with Crippen molar-refractivity contribution in [1.29, 1.82) is 0 Å². The van der Waals surface area contributed by atoms with Crippen molar-refractivity contribution in [3.05, 3.63) is 52.3 Å². The predicted octanol–water partition coefficient (Wildman–Crippen LogP) is 7.44. The minimum atomic E-state index is -0.704. The summed E-state index contributed by atoms with van der Waals surface area (Å²) in [7, 11) is 1.23. The first-order valence-corrected chi connectivity index (χ1v) is 15.1. The Labute approximate surface area is 238 Å². The molecule has 2 amide bonds. The predicted molar refractivity (Wildman–Crippen MR) is 154 cm³/mol. The van der Waals surface area contributed by atoms with Crippen LogP contribution < -0.4 is 0 Å². The molecule has 218 valence electrons. The summed E-state index contributed by atoms with van der Waals surface area (Å²) in [4.78, 5) is 52.2. The molecule has 0 unspecified atom stereocenters. The van der Waals surface area contributed by atoms with Gasteiger partial charge in [-0.3, -0.25) is 24.4 Å². The summed E-state index contributed by atoms with van der Waals surface area (Å²) in [5.74, 6) is -1.84. The van der Waals surface area contributed by atoms with Gasteiger partial charge in [0.25, 0.3) is 11.8 Å². The Bertz CT molecular complexity index is 1100. The summed E-state index contributed by atoms with van der Waals surface area (Å²) in [6.07, 6.45) is 18.9. The zero-order chi connectivity index (χ0) is 28.7. The molecule has 1 aromatic carbocycles. The van der Waals surface area contributed by atoms with Crippen LogP contribution in [0.5, 0.6) is 0 Å². The van der Waals surface area contributed by atoms with Gasteiger partial charge < -0.3 is 4.74 Å². The van der Waals surface area contributed by atoms with E-state index in [-0.39, 0.29) is 29.3 Å². The third-order valence-corrected chi connectivity index (χ3v) is 7.72. The first-order valence-electron chi connectivity index (χ1n) is 15.1. The zero-order valence-electron chi connectivity index (χ0n) is 24.3. The van der Waals surface area contributed by atoms with Gasteiger partial charge in [0.15, 0.2) is 5.78 Å². The molecule has 2 heterocycles. The average molecular weight is 552 g/mol. The molecule has 8 heteroatoms. The number of imide groups is 1. The van der Waals surface area contributed by atoms with Gasteiger partial charge in [0.2, 0.25) is 0 Å². The van der Waals surface area contributed by atoms with Crippen LogP contribution in [0.3, 0.4) is 0 Å². The van der Waals surface area contributed by atoms with Gasteiger partial charge in [-0.25, -0.2) is 4.79 Å². The second-order valence-electron chi connectivity index (χ2n) is 10.8. The molecule has 3 rings (SSSR count). The number of H-pyrrole nitrogens is 1. The van der Waals surface area contributed by atoms with Gasteiger partial charge in [0.1, 0.15) is 11.4 Å². The maximum absolute atomic E-state index is 13.1. The third-order valence-electron chi connectivity index (χ3n) is 7.72. The van der Waals surface area contributed by atoms with Crippen molar-refractivity contribution >= 4 is 23.6 Å². The highest BCUT2D eigenvalue weighted by atomic mass is 16.5. The number of nitrogens with one attached hydrogen (secondary N) is 1. The number of ether oxygens (including phenoxy) is 1. The van der Waals surface area contributed by atoms with Crippen LogP contribution in [0.2, 0.25) is 0 Å². The number of amides is 2. The Morgan fingerprint density at radius 3 is 1.73 bits per heavy atom. The largest absolute Gasteiger partial charge is 0.464 e. The van der Waals surface area contributed by atoms with E-state index in [2.05, 4.69) is 17.1 Å². The monoisotopic (exact) mass is 551 g/mol. The number of methoxy groups -OCH3 is 1. The van der Waals surface area contributed by atoms with E-state index < -0.39 is 17.8 Å². The number of carbonyl (C=O) groups is 4. The first-order chi connectivity index (χ1) is 19.5. The Balaban J connectivity index is 1.40. The standard InChI is InChI=1S/C32H45N3O5/c1-3-4-5-6-7-8-9-10-11-12-13-14-15-16-17-22-27(36)28-26(29(34-33-28)32(39)40-2)23-35-30(37)24-20-18-19-21-25(24)31(35)38/h18-21H,3-17,22-23H2,1-2H3,(H,33,34). The van der Waals surface area contributed by atoms with Crippen LogP contribution in [-0.2, 0) is 11.3 Å². The number of Topliss-reactive ketones (excluding diaryl/α,β-unsaturated/α-hetero) is 1. The van der Waals surface area contributed by atoms with Gasteiger partial charge in [0.05, 0.1) is 24.8 Å². The molecule has 1 N–H and O–H groups in total. The summed E-state index contributed by atoms with van der Waals surface area (Å²) in [5, 5.41) is 6.68. The molecule has 1 aromatic heterocycles. The van der Waals surface area contributed by atoms with E-state index >= 15 is 0 Å². The lowest BCUT2D eigenvalue weighted by Gasteiger charge is -2.14. The molecule has 0 spiro atoms. The Morgan fingerprint density at radius 2 is 1.25 bits per heavy atom. The lowest BCUT2D eigenvalue weighted by atomic mass is 10.0. The van der Waals surface area contributed by atoms with Gasteiger partial charge in [0, 0.05) is 12.0 Å². The summed E-state index contributed by atoms with van der Waals surface area (Å²) in [6, 6.07) is 6.57. The molecular formula is C32H45N3O5. The molecule has 0 fully saturated rings. The highest BCUT2D eigenvalue weighted by Crippen LogP contribution is 2.27. The summed E-state index contributed by atoms with van der Waals surface area (Å²) in [6.45, 7) is 2.03.